The number of piperidine rings is 1. The zero-order valence-electron chi connectivity index (χ0n) is 15.2. The van der Waals surface area contributed by atoms with Gasteiger partial charge in [0.25, 0.3) is 0 Å². The standard InChI is InChI=1S/C21H28N4/c1-24-13-8-17(9-14-24)25-19-7-12-22-15-18(19)20(23-25)21(10-11-21)16-5-3-2-4-6-16/h2-6,17,22H,7-15H2,1H3. The Labute approximate surface area is 150 Å². The average molecular weight is 336 g/mol. The van der Waals surface area contributed by atoms with E-state index in [-0.39, 0.29) is 5.41 Å². The smallest absolute Gasteiger partial charge is 0.0778 e. The van der Waals surface area contributed by atoms with Gasteiger partial charge in [-0.3, -0.25) is 4.68 Å². The molecule has 3 aliphatic rings. The molecule has 2 fully saturated rings. The van der Waals surface area contributed by atoms with Crippen LogP contribution in [-0.2, 0) is 18.4 Å². The third kappa shape index (κ3) is 2.54. The second-order valence-electron chi connectivity index (χ2n) is 8.13. The second-order valence-corrected chi connectivity index (χ2v) is 8.13. The molecule has 0 unspecified atom stereocenters. The first-order valence-corrected chi connectivity index (χ1v) is 9.83. The topological polar surface area (TPSA) is 33.1 Å². The van der Waals surface area contributed by atoms with E-state index < -0.39 is 0 Å². The minimum atomic E-state index is 0.182. The minimum absolute atomic E-state index is 0.182. The molecule has 3 heterocycles. The summed E-state index contributed by atoms with van der Waals surface area (Å²) in [4.78, 5) is 2.45. The van der Waals surface area contributed by atoms with E-state index in [1.54, 1.807) is 0 Å². The van der Waals surface area contributed by atoms with Gasteiger partial charge in [-0.15, -0.1) is 0 Å². The molecule has 4 heteroatoms. The molecule has 1 saturated carbocycles. The third-order valence-electron chi connectivity index (χ3n) is 6.52. The van der Waals surface area contributed by atoms with Crippen LogP contribution < -0.4 is 5.32 Å². The van der Waals surface area contributed by atoms with E-state index in [0.29, 0.717) is 6.04 Å². The summed E-state index contributed by atoms with van der Waals surface area (Å²) >= 11 is 0. The fraction of sp³-hybridized carbons (Fsp3) is 0.571. The van der Waals surface area contributed by atoms with E-state index in [1.807, 2.05) is 0 Å². The van der Waals surface area contributed by atoms with Crippen molar-refractivity contribution in [3.05, 3.63) is 52.8 Å². The molecule has 1 aliphatic carbocycles. The van der Waals surface area contributed by atoms with Gasteiger partial charge in [0.1, 0.15) is 0 Å². The number of fused-ring (bicyclic) bond motifs is 1. The summed E-state index contributed by atoms with van der Waals surface area (Å²) in [6.07, 6.45) is 6.08. The number of hydrogen-bond acceptors (Lipinski definition) is 3. The molecule has 1 N–H and O–H groups in total. The molecule has 132 valence electrons. The van der Waals surface area contributed by atoms with Gasteiger partial charge in [0, 0.05) is 36.2 Å². The van der Waals surface area contributed by atoms with Crippen molar-refractivity contribution in [2.45, 2.75) is 50.1 Å². The Morgan fingerprint density at radius 3 is 2.60 bits per heavy atom. The van der Waals surface area contributed by atoms with Gasteiger partial charge >= 0.3 is 0 Å². The van der Waals surface area contributed by atoms with Crippen LogP contribution >= 0.6 is 0 Å². The molecule has 0 atom stereocenters. The van der Waals surface area contributed by atoms with Gasteiger partial charge in [0.2, 0.25) is 0 Å². The highest BCUT2D eigenvalue weighted by Crippen LogP contribution is 2.54. The predicted octanol–water partition coefficient (Wildman–Crippen LogP) is 2.88. The lowest BCUT2D eigenvalue weighted by Gasteiger charge is -2.30. The van der Waals surface area contributed by atoms with Crippen molar-refractivity contribution in [1.82, 2.24) is 20.0 Å². The van der Waals surface area contributed by atoms with Crippen LogP contribution in [0.2, 0.25) is 0 Å². The summed E-state index contributed by atoms with van der Waals surface area (Å²) in [6.45, 7) is 4.46. The molecule has 0 amide bonds. The lowest BCUT2D eigenvalue weighted by molar-refractivity contribution is 0.209. The van der Waals surface area contributed by atoms with Crippen molar-refractivity contribution in [2.24, 2.45) is 0 Å². The minimum Gasteiger partial charge on any atom is -0.312 e. The first kappa shape index (κ1) is 15.6. The fourth-order valence-corrected chi connectivity index (χ4v) is 4.85. The first-order chi connectivity index (χ1) is 12.3. The maximum Gasteiger partial charge on any atom is 0.0778 e. The molecular weight excluding hydrogens is 308 g/mol. The Morgan fingerprint density at radius 1 is 1.12 bits per heavy atom. The van der Waals surface area contributed by atoms with Gasteiger partial charge in [-0.2, -0.15) is 5.10 Å². The number of benzene rings is 1. The lowest BCUT2D eigenvalue weighted by atomic mass is 9.88. The van der Waals surface area contributed by atoms with Crippen molar-refractivity contribution in [1.29, 1.82) is 0 Å². The van der Waals surface area contributed by atoms with Crippen LogP contribution in [0.3, 0.4) is 0 Å². The molecule has 1 aromatic heterocycles. The number of likely N-dealkylation sites (tertiary alicyclic amines) is 1. The maximum atomic E-state index is 5.31. The van der Waals surface area contributed by atoms with E-state index in [4.69, 9.17) is 5.10 Å². The molecule has 0 bridgehead atoms. The normalized spacial score (nSPS) is 23.4. The predicted molar refractivity (Wildman–Crippen MR) is 99.9 cm³/mol. The van der Waals surface area contributed by atoms with E-state index >= 15 is 0 Å². The SMILES string of the molecule is CN1CCC(n2nc(C3(c4ccccc4)CC3)c3c2CCNC3)CC1. The zero-order valence-corrected chi connectivity index (χ0v) is 15.2. The largest absolute Gasteiger partial charge is 0.312 e. The maximum absolute atomic E-state index is 5.31. The molecular formula is C21H28N4. The number of nitrogens with one attached hydrogen (secondary N) is 1. The van der Waals surface area contributed by atoms with E-state index in [2.05, 4.69) is 52.3 Å². The molecule has 4 nitrogen and oxygen atoms in total. The summed E-state index contributed by atoms with van der Waals surface area (Å²) in [5.74, 6) is 0. The van der Waals surface area contributed by atoms with Gasteiger partial charge in [0.05, 0.1) is 11.7 Å². The monoisotopic (exact) mass is 336 g/mol. The second kappa shape index (κ2) is 5.96. The van der Waals surface area contributed by atoms with Gasteiger partial charge in [-0.1, -0.05) is 30.3 Å². The highest BCUT2D eigenvalue weighted by molar-refractivity contribution is 5.47. The van der Waals surface area contributed by atoms with E-state index in [0.717, 1.165) is 19.5 Å². The van der Waals surface area contributed by atoms with Crippen LogP contribution in [0.4, 0.5) is 0 Å². The third-order valence-corrected chi connectivity index (χ3v) is 6.52. The highest BCUT2D eigenvalue weighted by atomic mass is 15.3. The van der Waals surface area contributed by atoms with Crippen LogP contribution in [0.5, 0.6) is 0 Å². The molecule has 2 aromatic rings. The van der Waals surface area contributed by atoms with Crippen molar-refractivity contribution >= 4 is 0 Å². The van der Waals surface area contributed by atoms with Gasteiger partial charge in [-0.25, -0.2) is 0 Å². The Balaban J connectivity index is 1.57. The first-order valence-electron chi connectivity index (χ1n) is 9.83. The summed E-state index contributed by atoms with van der Waals surface area (Å²) in [7, 11) is 2.23. The number of hydrogen-bond donors (Lipinski definition) is 1. The van der Waals surface area contributed by atoms with Crippen molar-refractivity contribution in [2.75, 3.05) is 26.7 Å². The molecule has 0 spiro atoms. The van der Waals surface area contributed by atoms with Crippen molar-refractivity contribution in [3.63, 3.8) is 0 Å². The van der Waals surface area contributed by atoms with Crippen LogP contribution in [0.1, 0.15) is 54.2 Å². The quantitative estimate of drug-likeness (QED) is 0.936. The molecule has 25 heavy (non-hydrogen) atoms. The molecule has 0 radical (unpaired) electrons. The number of aromatic nitrogens is 2. The zero-order chi connectivity index (χ0) is 16.9. The Bertz CT molecular complexity index is 752. The number of rotatable bonds is 3. The average Bonchev–Trinajstić information content (AvgIpc) is 3.38. The van der Waals surface area contributed by atoms with Crippen molar-refractivity contribution in [3.8, 4) is 0 Å². The van der Waals surface area contributed by atoms with Crippen LogP contribution in [0, 0.1) is 0 Å². The number of nitrogens with zero attached hydrogens (tertiary/aromatic N) is 3. The summed E-state index contributed by atoms with van der Waals surface area (Å²) in [5.41, 5.74) is 6.04. The molecule has 1 saturated heterocycles. The lowest BCUT2D eigenvalue weighted by Crippen LogP contribution is -2.33. The molecule has 5 rings (SSSR count). The van der Waals surface area contributed by atoms with Crippen LogP contribution in [0.15, 0.2) is 30.3 Å². The fourth-order valence-electron chi connectivity index (χ4n) is 4.85. The van der Waals surface area contributed by atoms with E-state index in [9.17, 15) is 0 Å². The summed E-state index contributed by atoms with van der Waals surface area (Å²) < 4.78 is 2.45. The van der Waals surface area contributed by atoms with Crippen LogP contribution in [-0.4, -0.2) is 41.4 Å². The Hall–Kier alpha value is -1.65. The van der Waals surface area contributed by atoms with Gasteiger partial charge in [0.15, 0.2) is 0 Å². The molecule has 1 aromatic carbocycles. The van der Waals surface area contributed by atoms with Gasteiger partial charge < -0.3 is 10.2 Å². The van der Waals surface area contributed by atoms with E-state index in [1.165, 1.54) is 61.3 Å². The van der Waals surface area contributed by atoms with Crippen molar-refractivity contribution < 1.29 is 0 Å². The summed E-state index contributed by atoms with van der Waals surface area (Å²) in [6, 6.07) is 11.6. The van der Waals surface area contributed by atoms with Gasteiger partial charge in [-0.05, 0) is 51.4 Å². The Morgan fingerprint density at radius 2 is 1.88 bits per heavy atom. The summed E-state index contributed by atoms with van der Waals surface area (Å²) in [5, 5.41) is 8.90. The Kier molecular flexibility index (Phi) is 3.72. The molecule has 2 aliphatic heterocycles. The van der Waals surface area contributed by atoms with Crippen LogP contribution in [0.25, 0.3) is 0 Å². The highest BCUT2D eigenvalue weighted by Gasteiger charge is 2.50.